The lowest BCUT2D eigenvalue weighted by atomic mass is 9.88. The van der Waals surface area contributed by atoms with E-state index in [9.17, 15) is 4.79 Å². The Morgan fingerprint density at radius 1 is 1.13 bits per heavy atom. The molecular formula is C24H47N3O4. The van der Waals surface area contributed by atoms with Crippen molar-refractivity contribution in [2.45, 2.75) is 77.2 Å². The number of ether oxygens (including phenoxy) is 3. The fraction of sp³-hybridized carbons (Fsp3) is 0.875. The van der Waals surface area contributed by atoms with Crippen LogP contribution in [0.4, 0.5) is 0 Å². The minimum absolute atomic E-state index is 0.143. The van der Waals surface area contributed by atoms with Crippen LogP contribution in [0.2, 0.25) is 0 Å². The zero-order valence-corrected chi connectivity index (χ0v) is 20.2. The number of allylic oxidation sites excluding steroid dienone is 2. The fourth-order valence-electron chi connectivity index (χ4n) is 3.31. The number of rotatable bonds is 17. The number of carbonyl (C=O) groups is 1. The predicted molar refractivity (Wildman–Crippen MR) is 126 cm³/mol. The second kappa shape index (κ2) is 18.4. The highest BCUT2D eigenvalue weighted by Crippen LogP contribution is 2.38. The second-order valence-corrected chi connectivity index (χ2v) is 8.42. The number of unbranched alkanes of at least 4 members (excludes halogenated alkanes) is 1. The first-order chi connectivity index (χ1) is 15.2. The maximum Gasteiger partial charge on any atom is 0.328 e. The van der Waals surface area contributed by atoms with Gasteiger partial charge in [-0.25, -0.2) is 4.79 Å². The number of hydrogen-bond acceptors (Lipinski definition) is 7. The molecule has 0 heterocycles. The zero-order valence-electron chi connectivity index (χ0n) is 20.2. The Bertz CT molecular complexity index is 481. The van der Waals surface area contributed by atoms with Crippen molar-refractivity contribution in [3.8, 4) is 0 Å². The van der Waals surface area contributed by atoms with Crippen LogP contribution in [-0.4, -0.2) is 65.7 Å². The fourth-order valence-corrected chi connectivity index (χ4v) is 3.31. The van der Waals surface area contributed by atoms with Crippen LogP contribution >= 0.6 is 0 Å². The molecule has 0 radical (unpaired) electrons. The van der Waals surface area contributed by atoms with Crippen molar-refractivity contribution >= 4 is 5.97 Å². The Kier molecular flexibility index (Phi) is 16.6. The van der Waals surface area contributed by atoms with Crippen molar-refractivity contribution in [2.24, 2.45) is 11.7 Å². The number of nitrogens with two attached hydrogens (primary N) is 1. The van der Waals surface area contributed by atoms with Crippen LogP contribution in [-0.2, 0) is 19.0 Å². The first-order valence-corrected chi connectivity index (χ1v) is 12.2. The number of methoxy groups -OCH3 is 1. The van der Waals surface area contributed by atoms with E-state index in [1.807, 2.05) is 7.05 Å². The molecule has 2 rings (SSSR count). The molecule has 2 fully saturated rings. The molecule has 2 aliphatic carbocycles. The van der Waals surface area contributed by atoms with Crippen molar-refractivity contribution in [3.63, 3.8) is 0 Å². The maximum absolute atomic E-state index is 11.9. The van der Waals surface area contributed by atoms with Gasteiger partial charge >= 0.3 is 5.97 Å². The number of likely N-dealkylation sites (N-methyl/N-ethyl adjacent to an activating group) is 1. The van der Waals surface area contributed by atoms with E-state index in [-0.39, 0.29) is 12.0 Å². The smallest absolute Gasteiger partial charge is 0.328 e. The van der Waals surface area contributed by atoms with E-state index < -0.39 is 0 Å². The van der Waals surface area contributed by atoms with Crippen LogP contribution in [0.5, 0.6) is 0 Å². The van der Waals surface area contributed by atoms with Crippen LogP contribution < -0.4 is 16.4 Å². The van der Waals surface area contributed by atoms with E-state index in [1.54, 1.807) is 0 Å². The third kappa shape index (κ3) is 13.8. The third-order valence-electron chi connectivity index (χ3n) is 5.57. The molecule has 0 aromatic carbocycles. The Hall–Kier alpha value is -1.15. The molecule has 7 nitrogen and oxygen atoms in total. The van der Waals surface area contributed by atoms with Gasteiger partial charge in [0.25, 0.3) is 0 Å². The van der Waals surface area contributed by atoms with Gasteiger partial charge in [-0.15, -0.1) is 0 Å². The van der Waals surface area contributed by atoms with E-state index in [1.165, 1.54) is 50.5 Å². The van der Waals surface area contributed by atoms with Gasteiger partial charge in [0.1, 0.15) is 6.04 Å². The summed E-state index contributed by atoms with van der Waals surface area (Å²) in [4.78, 5) is 11.9. The van der Waals surface area contributed by atoms with Gasteiger partial charge in [-0.2, -0.15) is 0 Å². The van der Waals surface area contributed by atoms with Crippen LogP contribution in [0, 0.1) is 5.92 Å². The van der Waals surface area contributed by atoms with Crippen molar-refractivity contribution in [1.29, 1.82) is 0 Å². The lowest BCUT2D eigenvalue weighted by Crippen LogP contribution is -2.38. The van der Waals surface area contributed by atoms with Crippen molar-refractivity contribution < 1.29 is 19.0 Å². The molecule has 1 atom stereocenters. The average Bonchev–Trinajstić information content (AvgIpc) is 3.55. The molecule has 2 saturated carbocycles. The topological polar surface area (TPSA) is 94.8 Å². The monoisotopic (exact) mass is 441 g/mol. The molecule has 7 heteroatoms. The minimum Gasteiger partial charge on any atom is -0.467 e. The summed E-state index contributed by atoms with van der Waals surface area (Å²) >= 11 is 0. The standard InChI is InChI=1S/C16H28N2O2.C8H19NO2/c1-20-16(19)14(7-2-3-10-17)18-15(11-12-8-9-12)13-5-4-6-13;1-3-5-10-7-8-11-6-4-9-2/h12,14,18H,2-11,17H2,1H3;9H,3-8H2,1-2H3. The van der Waals surface area contributed by atoms with Crippen LogP contribution in [0.15, 0.2) is 11.3 Å². The van der Waals surface area contributed by atoms with E-state index in [0.29, 0.717) is 13.2 Å². The van der Waals surface area contributed by atoms with Crippen molar-refractivity contribution in [3.05, 3.63) is 11.3 Å². The normalized spacial score (nSPS) is 16.1. The van der Waals surface area contributed by atoms with Gasteiger partial charge in [-0.3, -0.25) is 0 Å². The van der Waals surface area contributed by atoms with E-state index in [2.05, 4.69) is 17.6 Å². The lowest BCUT2D eigenvalue weighted by Gasteiger charge is -2.27. The summed E-state index contributed by atoms with van der Waals surface area (Å²) < 4.78 is 15.4. The van der Waals surface area contributed by atoms with Crippen LogP contribution in [0.25, 0.3) is 0 Å². The lowest BCUT2D eigenvalue weighted by molar-refractivity contribution is -0.143. The Labute approximate surface area is 189 Å². The Morgan fingerprint density at radius 3 is 2.35 bits per heavy atom. The Balaban J connectivity index is 0.000000373. The maximum atomic E-state index is 11.9. The number of hydrogen-bond donors (Lipinski definition) is 3. The van der Waals surface area contributed by atoms with Gasteiger partial charge in [-0.1, -0.05) is 12.5 Å². The number of nitrogens with one attached hydrogen (secondary N) is 2. The summed E-state index contributed by atoms with van der Waals surface area (Å²) in [5, 5.41) is 6.51. The molecule has 4 N–H and O–H groups in total. The molecule has 0 aromatic heterocycles. The summed E-state index contributed by atoms with van der Waals surface area (Å²) in [7, 11) is 3.38. The number of esters is 1. The molecule has 0 bridgehead atoms. The summed E-state index contributed by atoms with van der Waals surface area (Å²) in [6, 6.07) is -0.201. The van der Waals surface area contributed by atoms with Gasteiger partial charge in [0.2, 0.25) is 0 Å². The highest BCUT2D eigenvalue weighted by Gasteiger charge is 2.28. The molecule has 31 heavy (non-hydrogen) atoms. The quantitative estimate of drug-likeness (QED) is 0.236. The second-order valence-electron chi connectivity index (χ2n) is 8.42. The molecular weight excluding hydrogens is 394 g/mol. The summed E-state index contributed by atoms with van der Waals surface area (Å²) in [5.41, 5.74) is 8.40. The van der Waals surface area contributed by atoms with Gasteiger partial charge in [0.05, 0.1) is 26.9 Å². The van der Waals surface area contributed by atoms with E-state index in [0.717, 1.165) is 64.4 Å². The predicted octanol–water partition coefficient (Wildman–Crippen LogP) is 3.13. The molecule has 0 aliphatic heterocycles. The molecule has 1 unspecified atom stereocenters. The van der Waals surface area contributed by atoms with Crippen LogP contribution in [0.1, 0.15) is 71.1 Å². The largest absolute Gasteiger partial charge is 0.467 e. The molecule has 0 amide bonds. The van der Waals surface area contributed by atoms with Gasteiger partial charge < -0.3 is 30.6 Å². The molecule has 0 spiro atoms. The van der Waals surface area contributed by atoms with Crippen molar-refractivity contribution in [2.75, 3.05) is 53.7 Å². The summed E-state index contributed by atoms with van der Waals surface area (Å²) in [6.45, 7) is 6.74. The molecule has 2 aliphatic rings. The number of carbonyl (C=O) groups excluding carboxylic acids is 1. The zero-order chi connectivity index (χ0) is 22.7. The van der Waals surface area contributed by atoms with Crippen LogP contribution in [0.3, 0.4) is 0 Å². The van der Waals surface area contributed by atoms with Gasteiger partial charge in [-0.05, 0) is 83.7 Å². The molecule has 182 valence electrons. The first-order valence-electron chi connectivity index (χ1n) is 12.2. The minimum atomic E-state index is -0.201. The summed E-state index contributed by atoms with van der Waals surface area (Å²) in [6.07, 6.45) is 11.3. The third-order valence-corrected chi connectivity index (χ3v) is 5.57. The summed E-state index contributed by atoms with van der Waals surface area (Å²) in [5.74, 6) is 0.697. The SMILES string of the molecule is CCCOCCOCCNC.COC(=O)C(CCCCN)NC(CC1CC1)=C1CCC1. The van der Waals surface area contributed by atoms with Gasteiger partial charge in [0.15, 0.2) is 0 Å². The van der Waals surface area contributed by atoms with E-state index >= 15 is 0 Å². The van der Waals surface area contributed by atoms with Crippen molar-refractivity contribution in [1.82, 2.24) is 10.6 Å². The molecule has 0 aromatic rings. The highest BCUT2D eigenvalue weighted by molar-refractivity contribution is 5.75. The average molecular weight is 442 g/mol. The molecule has 0 saturated heterocycles. The first kappa shape index (κ1) is 27.9. The van der Waals surface area contributed by atoms with Gasteiger partial charge in [0, 0.05) is 18.8 Å². The highest BCUT2D eigenvalue weighted by atomic mass is 16.5. The Morgan fingerprint density at radius 2 is 1.84 bits per heavy atom. The van der Waals surface area contributed by atoms with E-state index in [4.69, 9.17) is 19.9 Å².